The van der Waals surface area contributed by atoms with Gasteiger partial charge in [-0.2, -0.15) is 0 Å². The highest BCUT2D eigenvalue weighted by molar-refractivity contribution is 6.15. The van der Waals surface area contributed by atoms with E-state index in [-0.39, 0.29) is 0 Å². The molecule has 0 radical (unpaired) electrons. The van der Waals surface area contributed by atoms with Crippen molar-refractivity contribution in [1.29, 1.82) is 0 Å². The molecule has 0 saturated heterocycles. The molecule has 4 heteroatoms. The first-order chi connectivity index (χ1) is 17.4. The average Bonchev–Trinajstić information content (AvgIpc) is 3.60. The Kier molecular flexibility index (Phi) is 3.11. The van der Waals surface area contributed by atoms with Gasteiger partial charge in [-0.25, -0.2) is 4.98 Å². The smallest absolute Gasteiger partial charge is 0.165 e. The topological polar surface area (TPSA) is 43.1 Å². The molecular formula is C31H18N4. The van der Waals surface area contributed by atoms with E-state index in [1.54, 1.807) is 0 Å². The third-order valence-corrected chi connectivity index (χ3v) is 7.96. The number of benzene rings is 3. The average molecular weight is 447 g/mol. The number of aromatic nitrogens is 4. The standard InChI is InChI=1S/C31H18N4/c1-3-8-19-18(7-1)15-24-26(19)23-14-17-6-2-4-9-20(17)27(23)29-30(24)35-25-16-32-13-11-21(25)22-10-5-12-33-28(22)31(35)34-29/h1-13,16H,14-15H2. The van der Waals surface area contributed by atoms with Crippen LogP contribution in [0.4, 0.5) is 0 Å². The summed E-state index contributed by atoms with van der Waals surface area (Å²) in [4.78, 5) is 14.7. The van der Waals surface area contributed by atoms with Gasteiger partial charge in [0, 0.05) is 35.2 Å². The molecule has 0 aliphatic heterocycles. The lowest BCUT2D eigenvalue weighted by Crippen LogP contribution is -1.97. The molecule has 4 nitrogen and oxygen atoms in total. The highest BCUT2D eigenvalue weighted by Crippen LogP contribution is 2.52. The highest BCUT2D eigenvalue weighted by Gasteiger charge is 2.34. The van der Waals surface area contributed by atoms with Gasteiger partial charge in [-0.05, 0) is 57.5 Å². The van der Waals surface area contributed by atoms with Gasteiger partial charge >= 0.3 is 0 Å². The summed E-state index contributed by atoms with van der Waals surface area (Å²) in [6.07, 6.45) is 7.59. The molecule has 0 atom stereocenters. The molecule has 35 heavy (non-hydrogen) atoms. The zero-order valence-corrected chi connectivity index (χ0v) is 18.8. The molecule has 9 rings (SSSR count). The van der Waals surface area contributed by atoms with E-state index >= 15 is 0 Å². The van der Waals surface area contributed by atoms with Gasteiger partial charge in [-0.15, -0.1) is 0 Å². The van der Waals surface area contributed by atoms with Gasteiger partial charge in [0.15, 0.2) is 5.65 Å². The van der Waals surface area contributed by atoms with Crippen molar-refractivity contribution in [2.24, 2.45) is 0 Å². The third kappa shape index (κ3) is 2.07. The maximum atomic E-state index is 5.38. The van der Waals surface area contributed by atoms with Crippen molar-refractivity contribution in [2.45, 2.75) is 12.8 Å². The summed E-state index contributed by atoms with van der Waals surface area (Å²) in [5.74, 6) is 0. The number of hydrogen-bond donors (Lipinski definition) is 0. The third-order valence-electron chi connectivity index (χ3n) is 7.96. The van der Waals surface area contributed by atoms with Gasteiger partial charge in [-0.1, -0.05) is 54.6 Å². The van der Waals surface area contributed by atoms with Crippen LogP contribution >= 0.6 is 0 Å². The van der Waals surface area contributed by atoms with E-state index < -0.39 is 0 Å². The number of rotatable bonds is 0. The first-order valence-corrected chi connectivity index (χ1v) is 12.1. The Morgan fingerprint density at radius 3 is 2.29 bits per heavy atom. The quantitative estimate of drug-likeness (QED) is 0.243. The SMILES string of the molecule is c1ccc2c(c1)Cc1c-2c2c(c3nc4c5ncccc5c5ccncc5n4c13)-c1ccccc1C2. The van der Waals surface area contributed by atoms with Crippen molar-refractivity contribution < 1.29 is 0 Å². The van der Waals surface area contributed by atoms with Crippen molar-refractivity contribution in [3.63, 3.8) is 0 Å². The number of nitrogens with zero attached hydrogens (tertiary/aromatic N) is 4. The molecular weight excluding hydrogens is 428 g/mol. The molecule has 0 saturated carbocycles. The van der Waals surface area contributed by atoms with E-state index in [0.29, 0.717) is 0 Å². The zero-order chi connectivity index (χ0) is 22.7. The summed E-state index contributed by atoms with van der Waals surface area (Å²) in [6, 6.07) is 23.9. The van der Waals surface area contributed by atoms with Crippen LogP contribution in [0, 0.1) is 0 Å². The van der Waals surface area contributed by atoms with Crippen LogP contribution in [-0.4, -0.2) is 19.4 Å². The molecule has 2 aliphatic carbocycles. The van der Waals surface area contributed by atoms with Crippen molar-refractivity contribution in [3.05, 3.63) is 108 Å². The Bertz CT molecular complexity index is 2070. The van der Waals surface area contributed by atoms with E-state index in [2.05, 4.69) is 70.0 Å². The highest BCUT2D eigenvalue weighted by atomic mass is 15.0. The van der Waals surface area contributed by atoms with Crippen LogP contribution in [0.3, 0.4) is 0 Å². The van der Waals surface area contributed by atoms with Crippen molar-refractivity contribution in [1.82, 2.24) is 19.4 Å². The second kappa shape index (κ2) is 6.10. The monoisotopic (exact) mass is 446 g/mol. The van der Waals surface area contributed by atoms with Crippen molar-refractivity contribution in [2.75, 3.05) is 0 Å². The Hall–Kier alpha value is -4.57. The summed E-state index contributed by atoms with van der Waals surface area (Å²) in [6.45, 7) is 0. The molecule has 162 valence electrons. The molecule has 0 spiro atoms. The molecule has 0 fully saturated rings. The van der Waals surface area contributed by atoms with Crippen LogP contribution in [-0.2, 0) is 12.8 Å². The van der Waals surface area contributed by atoms with Gasteiger partial charge in [0.1, 0.15) is 5.52 Å². The van der Waals surface area contributed by atoms with Gasteiger partial charge in [-0.3, -0.25) is 14.4 Å². The zero-order valence-electron chi connectivity index (χ0n) is 18.8. The molecule has 2 aliphatic rings. The maximum Gasteiger partial charge on any atom is 0.165 e. The minimum Gasteiger partial charge on any atom is -0.288 e. The van der Waals surface area contributed by atoms with Crippen LogP contribution in [0.1, 0.15) is 22.3 Å². The van der Waals surface area contributed by atoms with E-state index in [4.69, 9.17) is 9.97 Å². The number of hydrogen-bond acceptors (Lipinski definition) is 3. The fourth-order valence-electron chi connectivity index (χ4n) is 6.61. The summed E-state index contributed by atoms with van der Waals surface area (Å²) in [5, 5.41) is 2.27. The first-order valence-electron chi connectivity index (χ1n) is 12.1. The van der Waals surface area contributed by atoms with Crippen LogP contribution in [0.25, 0.3) is 60.7 Å². The Balaban J connectivity index is 1.60. The summed E-state index contributed by atoms with van der Waals surface area (Å²) in [5.41, 5.74) is 16.1. The van der Waals surface area contributed by atoms with Gasteiger partial charge < -0.3 is 0 Å². The molecule has 7 aromatic rings. The summed E-state index contributed by atoms with van der Waals surface area (Å²) < 4.78 is 2.33. The molecule has 4 aromatic heterocycles. The summed E-state index contributed by atoms with van der Waals surface area (Å²) in [7, 11) is 0. The predicted molar refractivity (Wildman–Crippen MR) is 140 cm³/mol. The second-order valence-electron chi connectivity index (χ2n) is 9.64. The number of imidazole rings is 1. The number of pyridine rings is 3. The summed E-state index contributed by atoms with van der Waals surface area (Å²) >= 11 is 0. The fourth-order valence-corrected chi connectivity index (χ4v) is 6.61. The molecule has 0 amide bonds. The van der Waals surface area contributed by atoms with E-state index in [9.17, 15) is 0 Å². The Morgan fingerprint density at radius 2 is 1.43 bits per heavy atom. The molecule has 0 bridgehead atoms. The first kappa shape index (κ1) is 17.8. The van der Waals surface area contributed by atoms with E-state index in [0.717, 1.165) is 45.8 Å². The Morgan fingerprint density at radius 1 is 0.657 bits per heavy atom. The van der Waals surface area contributed by atoms with Gasteiger partial charge in [0.25, 0.3) is 0 Å². The molecule has 3 aromatic carbocycles. The normalized spacial score (nSPS) is 13.5. The van der Waals surface area contributed by atoms with Crippen LogP contribution in [0.2, 0.25) is 0 Å². The van der Waals surface area contributed by atoms with Crippen LogP contribution in [0.5, 0.6) is 0 Å². The lowest BCUT2D eigenvalue weighted by atomic mass is 9.93. The van der Waals surface area contributed by atoms with Crippen molar-refractivity contribution >= 4 is 38.5 Å². The van der Waals surface area contributed by atoms with E-state index in [1.807, 2.05) is 24.7 Å². The largest absolute Gasteiger partial charge is 0.288 e. The van der Waals surface area contributed by atoms with Crippen molar-refractivity contribution in [3.8, 4) is 22.3 Å². The molecule has 0 N–H and O–H groups in total. The van der Waals surface area contributed by atoms with Gasteiger partial charge in [0.2, 0.25) is 0 Å². The minimum absolute atomic E-state index is 0.909. The van der Waals surface area contributed by atoms with E-state index in [1.165, 1.54) is 50.0 Å². The Labute approximate surface area is 200 Å². The maximum absolute atomic E-state index is 5.38. The fraction of sp³-hybridized carbons (Fsp3) is 0.0645. The molecule has 4 heterocycles. The lowest BCUT2D eigenvalue weighted by molar-refractivity contribution is 1.21. The molecule has 0 unspecified atom stereocenters. The number of fused-ring (bicyclic) bond motifs is 17. The second-order valence-corrected chi connectivity index (χ2v) is 9.64. The van der Waals surface area contributed by atoms with Crippen LogP contribution < -0.4 is 0 Å². The lowest BCUT2D eigenvalue weighted by Gasteiger charge is -2.13. The van der Waals surface area contributed by atoms with Crippen LogP contribution in [0.15, 0.2) is 85.3 Å². The minimum atomic E-state index is 0.909. The van der Waals surface area contributed by atoms with Gasteiger partial charge in [0.05, 0.1) is 22.7 Å². The predicted octanol–water partition coefficient (Wildman–Crippen LogP) is 6.73.